The van der Waals surface area contributed by atoms with Crippen LogP contribution in [-0.2, 0) is 18.7 Å². The zero-order valence-corrected chi connectivity index (χ0v) is 20.3. The number of halogens is 1. The van der Waals surface area contributed by atoms with Gasteiger partial charge in [-0.05, 0) is 12.8 Å². The van der Waals surface area contributed by atoms with Crippen LogP contribution < -0.4 is 5.48 Å². The number of aliphatic hydroxyl groups excluding tert-OH is 2. The molecule has 15 nitrogen and oxygen atoms in total. The first-order valence-corrected chi connectivity index (χ1v) is 14.6. The summed E-state index contributed by atoms with van der Waals surface area (Å²) in [5.74, 6) is -1.00. The van der Waals surface area contributed by atoms with Crippen molar-refractivity contribution in [1.29, 1.82) is 0 Å². The number of aromatic nitrogens is 4. The normalized spacial score (nSPS) is 28.4. The fourth-order valence-corrected chi connectivity index (χ4v) is 6.94. The van der Waals surface area contributed by atoms with Gasteiger partial charge in [-0.1, -0.05) is 12.8 Å². The number of hydrogen-bond acceptors (Lipinski definition) is 13. The zero-order chi connectivity index (χ0) is 24.7. The van der Waals surface area contributed by atoms with Crippen LogP contribution in [0.4, 0.5) is 5.82 Å². The second-order valence-electron chi connectivity index (χ2n) is 8.21. The van der Waals surface area contributed by atoms with E-state index < -0.39 is 52.6 Å². The van der Waals surface area contributed by atoms with Crippen molar-refractivity contribution in [3.8, 4) is 0 Å². The minimum atomic E-state index is -4.86. The molecule has 2 aromatic heterocycles. The molecular formula is C16H26ClN5O10P2. The number of hydrogen-bond donors (Lipinski definition) is 7. The van der Waals surface area contributed by atoms with E-state index in [0.29, 0.717) is 5.39 Å². The maximum atomic E-state index is 11.9. The van der Waals surface area contributed by atoms with Crippen molar-refractivity contribution in [2.45, 2.75) is 56.3 Å². The van der Waals surface area contributed by atoms with Crippen LogP contribution in [0, 0.1) is 0 Å². The summed E-state index contributed by atoms with van der Waals surface area (Å²) < 4.78 is 23.4. The number of rotatable bonds is 9. The number of nitrogens with zero attached hydrogens (tertiary/aromatic N) is 4. The van der Waals surface area contributed by atoms with Gasteiger partial charge < -0.3 is 0 Å². The Morgan fingerprint density at radius 2 is 1.94 bits per heavy atom. The molecule has 1 saturated carbocycles. The Morgan fingerprint density at radius 3 is 2.62 bits per heavy atom. The van der Waals surface area contributed by atoms with Crippen LogP contribution in [0.2, 0.25) is 5.28 Å². The average Bonchev–Trinajstić information content (AvgIpc) is 3.44. The second kappa shape index (κ2) is 10.1. The molecule has 5 atom stereocenters. The summed E-state index contributed by atoms with van der Waals surface area (Å²) in [6.07, 6.45) is -0.232. The Kier molecular flexibility index (Phi) is 7.75. The molecule has 0 radical (unpaired) electrons. The van der Waals surface area contributed by atoms with Crippen molar-refractivity contribution in [3.05, 3.63) is 11.5 Å². The van der Waals surface area contributed by atoms with E-state index in [1.807, 2.05) is 0 Å². The molecule has 2 aliphatic rings. The van der Waals surface area contributed by atoms with E-state index in [-0.39, 0.29) is 22.9 Å². The predicted molar refractivity (Wildman–Crippen MR) is 119 cm³/mol. The number of anilines is 1. The van der Waals surface area contributed by atoms with Crippen LogP contribution in [0.15, 0.2) is 6.20 Å². The molecule has 0 aromatic carbocycles. The molecule has 1 saturated heterocycles. The maximum absolute atomic E-state index is 11.9. The zero-order valence-electron chi connectivity index (χ0n) is 17.6. The van der Waals surface area contributed by atoms with Crippen molar-refractivity contribution >= 4 is 44.0 Å². The summed E-state index contributed by atoms with van der Waals surface area (Å²) in [4.78, 5) is 50.6. The van der Waals surface area contributed by atoms with Gasteiger partial charge in [0.05, 0.1) is 6.10 Å². The molecule has 4 rings (SSSR count). The topological polar surface area (TPSA) is 222 Å². The molecule has 1 aliphatic heterocycles. The van der Waals surface area contributed by atoms with E-state index in [1.165, 1.54) is 10.9 Å². The van der Waals surface area contributed by atoms with Crippen molar-refractivity contribution in [3.63, 3.8) is 0 Å². The molecule has 1 unspecified atom stereocenters. The molecule has 0 bridgehead atoms. The van der Waals surface area contributed by atoms with Crippen LogP contribution >= 0.6 is 27.1 Å². The summed E-state index contributed by atoms with van der Waals surface area (Å²) in [6.45, 7) is -0.691. The Bertz CT molecular complexity index is 1060. The van der Waals surface area contributed by atoms with Crippen LogP contribution in [-0.4, -0.2) is 86.5 Å². The number of fused-ring (bicyclic) bond motifs is 1. The summed E-state index contributed by atoms with van der Waals surface area (Å²) in [5.41, 5.74) is 2.95. The van der Waals surface area contributed by atoms with Crippen molar-refractivity contribution in [2.24, 2.45) is 0 Å². The van der Waals surface area contributed by atoms with E-state index in [4.69, 9.17) is 40.4 Å². The van der Waals surface area contributed by atoms with Crippen LogP contribution in [0.3, 0.4) is 0 Å². The molecule has 192 valence electrons. The van der Waals surface area contributed by atoms with Gasteiger partial charge in [0, 0.05) is 0 Å². The molecule has 1 aliphatic carbocycles. The fourth-order valence-electron chi connectivity index (χ4n) is 3.88. The number of nitrogens with one attached hydrogen (secondary N) is 1. The van der Waals surface area contributed by atoms with Gasteiger partial charge in [-0.15, -0.1) is 0 Å². The quantitative estimate of drug-likeness (QED) is 0.125. The third-order valence-electron chi connectivity index (χ3n) is 5.48. The Balaban J connectivity index is 1.49. The van der Waals surface area contributed by atoms with Gasteiger partial charge in [0.1, 0.15) is 0 Å². The van der Waals surface area contributed by atoms with Gasteiger partial charge >= 0.3 is 161 Å². The third-order valence-corrected chi connectivity index (χ3v) is 9.50. The van der Waals surface area contributed by atoms with Gasteiger partial charge in [0.2, 0.25) is 0 Å². The summed E-state index contributed by atoms with van der Waals surface area (Å²) in [6, 6.07) is 0. The first kappa shape index (κ1) is 26.0. The van der Waals surface area contributed by atoms with E-state index >= 15 is 0 Å². The van der Waals surface area contributed by atoms with Gasteiger partial charge in [-0.25, -0.2) is 0 Å². The van der Waals surface area contributed by atoms with Gasteiger partial charge in [-0.2, -0.15) is 0 Å². The number of ether oxygens (including phenoxy) is 1. The van der Waals surface area contributed by atoms with E-state index in [2.05, 4.69) is 20.5 Å². The average molecular weight is 546 g/mol. The van der Waals surface area contributed by atoms with Crippen molar-refractivity contribution in [2.75, 3.05) is 18.0 Å². The Labute approximate surface area is 198 Å². The standard InChI is InChI=1S/C16H26ClN5O10P2/c17-16-19-13(21-32-8-3-1-2-4-8)9-5-18-22(14(9)20-16)15-12(24)11(23)10(31-15)6-30-34(28,29)7-33(25,26)27/h5,8,10-12,15,23-27,33H,1-4,6-7H2,(H,28,29)(H,19,20,21)/t10-,11-,12-,15-/m1/s1. The fraction of sp³-hybridized carbons (Fsp3) is 0.688. The molecule has 2 aromatic rings. The molecule has 0 amide bonds. The van der Waals surface area contributed by atoms with Crippen LogP contribution in [0.5, 0.6) is 0 Å². The van der Waals surface area contributed by atoms with Gasteiger partial charge in [0.15, 0.2) is 0 Å². The molecule has 34 heavy (non-hydrogen) atoms. The van der Waals surface area contributed by atoms with Crippen LogP contribution in [0.25, 0.3) is 11.0 Å². The molecule has 3 heterocycles. The Morgan fingerprint density at radius 1 is 1.24 bits per heavy atom. The first-order valence-electron chi connectivity index (χ1n) is 10.4. The summed E-state index contributed by atoms with van der Waals surface area (Å²) >= 11 is 6.05. The summed E-state index contributed by atoms with van der Waals surface area (Å²) in [7, 11) is -9.47. The SMILES string of the molecule is O=P(O)(C[PH](O)(O)O)OC[C@H]1O[C@@H](n2ncc3c(NOC4CCCC4)nc(Cl)nc32)[C@H](O)[C@@H]1O. The predicted octanol–water partition coefficient (Wildman–Crippen LogP) is 0.0163. The van der Waals surface area contributed by atoms with Crippen LogP contribution in [0.1, 0.15) is 31.9 Å². The first-order chi connectivity index (χ1) is 15.9. The second-order valence-corrected chi connectivity index (χ2v) is 12.9. The van der Waals surface area contributed by atoms with Crippen molar-refractivity contribution < 1.29 is 48.4 Å². The molecule has 0 spiro atoms. The van der Waals surface area contributed by atoms with E-state index in [1.54, 1.807) is 0 Å². The van der Waals surface area contributed by atoms with Gasteiger partial charge in [0.25, 0.3) is 0 Å². The third kappa shape index (κ3) is 6.01. The Hall–Kier alpha value is -1.06. The molecule has 2 fully saturated rings. The molecule has 7 N–H and O–H groups in total. The number of aliphatic hydroxyl groups is 2. The van der Waals surface area contributed by atoms with E-state index in [0.717, 1.165) is 25.7 Å². The van der Waals surface area contributed by atoms with Crippen molar-refractivity contribution in [1.82, 2.24) is 19.7 Å². The summed E-state index contributed by atoms with van der Waals surface area (Å²) in [5, 5.41) is 25.3. The van der Waals surface area contributed by atoms with Gasteiger partial charge in [-0.3, -0.25) is 4.84 Å². The molecular weight excluding hydrogens is 520 g/mol. The monoisotopic (exact) mass is 545 g/mol. The molecule has 18 heteroatoms. The van der Waals surface area contributed by atoms with E-state index in [9.17, 15) is 19.7 Å². The minimum absolute atomic E-state index is 0.0348.